The number of benzene rings is 1. The molecule has 2 aromatic rings. The number of hydrogen-bond donors (Lipinski definition) is 0. The molecule has 22 heavy (non-hydrogen) atoms. The first-order valence-electron chi connectivity index (χ1n) is 6.21. The van der Waals surface area contributed by atoms with Gasteiger partial charge in [-0.3, -0.25) is 4.79 Å². The standard InChI is InChI=1S/C14H13F3N2O2S/c1-21-12-11(9-3-5-10(22-2)6-4-9)7-18-19(13(12)20)8-14(15,16)17/h3-7H,8H2,1-2H3. The van der Waals surface area contributed by atoms with Crippen LogP contribution in [-0.4, -0.2) is 29.3 Å². The molecule has 2 rings (SSSR count). The molecule has 0 amide bonds. The van der Waals surface area contributed by atoms with Gasteiger partial charge in [0.1, 0.15) is 6.54 Å². The van der Waals surface area contributed by atoms with Gasteiger partial charge in [-0.05, 0) is 24.0 Å². The molecule has 0 N–H and O–H groups in total. The molecule has 0 saturated heterocycles. The Kier molecular flexibility index (Phi) is 4.80. The van der Waals surface area contributed by atoms with Crippen molar-refractivity contribution in [2.45, 2.75) is 17.6 Å². The van der Waals surface area contributed by atoms with Gasteiger partial charge in [-0.15, -0.1) is 11.8 Å². The Morgan fingerprint density at radius 1 is 1.27 bits per heavy atom. The fourth-order valence-corrected chi connectivity index (χ4v) is 2.34. The van der Waals surface area contributed by atoms with E-state index < -0.39 is 18.3 Å². The Morgan fingerprint density at radius 3 is 2.41 bits per heavy atom. The van der Waals surface area contributed by atoms with E-state index >= 15 is 0 Å². The quantitative estimate of drug-likeness (QED) is 0.808. The van der Waals surface area contributed by atoms with Crippen LogP contribution in [0, 0.1) is 0 Å². The highest BCUT2D eigenvalue weighted by atomic mass is 32.2. The predicted octanol–water partition coefficient (Wildman–Crippen LogP) is 3.20. The normalized spacial score (nSPS) is 11.5. The topological polar surface area (TPSA) is 44.1 Å². The molecule has 1 heterocycles. The van der Waals surface area contributed by atoms with Crippen molar-refractivity contribution < 1.29 is 17.9 Å². The monoisotopic (exact) mass is 330 g/mol. The largest absolute Gasteiger partial charge is 0.491 e. The molecule has 1 aromatic heterocycles. The van der Waals surface area contributed by atoms with Gasteiger partial charge in [-0.25, -0.2) is 4.68 Å². The Bertz CT molecular complexity index is 712. The van der Waals surface area contributed by atoms with E-state index in [-0.39, 0.29) is 5.75 Å². The van der Waals surface area contributed by atoms with Crippen molar-refractivity contribution in [3.63, 3.8) is 0 Å². The average Bonchev–Trinajstić information content (AvgIpc) is 2.48. The molecule has 4 nitrogen and oxygen atoms in total. The van der Waals surface area contributed by atoms with Gasteiger partial charge in [0.15, 0.2) is 5.75 Å². The van der Waals surface area contributed by atoms with Gasteiger partial charge >= 0.3 is 11.7 Å². The van der Waals surface area contributed by atoms with Gasteiger partial charge < -0.3 is 4.74 Å². The van der Waals surface area contributed by atoms with Gasteiger partial charge in [-0.1, -0.05) is 12.1 Å². The fourth-order valence-electron chi connectivity index (χ4n) is 1.93. The first-order chi connectivity index (χ1) is 10.4. The van der Waals surface area contributed by atoms with Crippen LogP contribution in [0.25, 0.3) is 11.1 Å². The molecule has 0 bridgehead atoms. The lowest BCUT2D eigenvalue weighted by atomic mass is 10.1. The van der Waals surface area contributed by atoms with Crippen molar-refractivity contribution in [3.8, 4) is 16.9 Å². The number of hydrogen-bond acceptors (Lipinski definition) is 4. The average molecular weight is 330 g/mol. The van der Waals surface area contributed by atoms with Crippen LogP contribution < -0.4 is 10.3 Å². The summed E-state index contributed by atoms with van der Waals surface area (Å²) >= 11 is 1.56. The number of alkyl halides is 3. The van der Waals surface area contributed by atoms with E-state index in [1.807, 2.05) is 18.4 Å². The van der Waals surface area contributed by atoms with E-state index in [1.165, 1.54) is 13.3 Å². The molecular formula is C14H13F3N2O2S. The molecule has 0 aliphatic carbocycles. The maximum Gasteiger partial charge on any atom is 0.408 e. The number of aromatic nitrogens is 2. The summed E-state index contributed by atoms with van der Waals surface area (Å²) < 4.78 is 42.6. The zero-order valence-electron chi connectivity index (χ0n) is 11.8. The SMILES string of the molecule is COc1c(-c2ccc(SC)cc2)cnn(CC(F)(F)F)c1=O. The van der Waals surface area contributed by atoms with Crippen molar-refractivity contribution in [3.05, 3.63) is 40.8 Å². The Hall–Kier alpha value is -1.96. The first kappa shape index (κ1) is 16.4. The molecule has 0 spiro atoms. The summed E-state index contributed by atoms with van der Waals surface area (Å²) in [7, 11) is 1.24. The van der Waals surface area contributed by atoms with Crippen molar-refractivity contribution in [2.75, 3.05) is 13.4 Å². The summed E-state index contributed by atoms with van der Waals surface area (Å²) in [6, 6.07) is 7.22. The number of halogens is 3. The fraction of sp³-hybridized carbons (Fsp3) is 0.286. The van der Waals surface area contributed by atoms with Crippen LogP contribution in [-0.2, 0) is 6.54 Å². The van der Waals surface area contributed by atoms with Crippen molar-refractivity contribution in [1.82, 2.24) is 9.78 Å². The molecule has 0 atom stereocenters. The molecule has 1 aromatic carbocycles. The summed E-state index contributed by atoms with van der Waals surface area (Å²) in [5.41, 5.74) is 0.100. The number of methoxy groups -OCH3 is 1. The van der Waals surface area contributed by atoms with Crippen LogP contribution in [0.5, 0.6) is 5.75 Å². The van der Waals surface area contributed by atoms with Crippen LogP contribution >= 0.6 is 11.8 Å². The van der Waals surface area contributed by atoms with Crippen molar-refractivity contribution in [2.24, 2.45) is 0 Å². The molecular weight excluding hydrogens is 317 g/mol. The second-order valence-corrected chi connectivity index (χ2v) is 5.28. The van der Waals surface area contributed by atoms with Crippen LogP contribution in [0.4, 0.5) is 13.2 Å². The van der Waals surface area contributed by atoms with Crippen LogP contribution in [0.2, 0.25) is 0 Å². The Morgan fingerprint density at radius 2 is 1.91 bits per heavy atom. The third-order valence-electron chi connectivity index (χ3n) is 2.93. The molecule has 0 fully saturated rings. The molecule has 118 valence electrons. The molecule has 0 saturated carbocycles. The first-order valence-corrected chi connectivity index (χ1v) is 7.43. The molecule has 0 radical (unpaired) electrons. The van der Waals surface area contributed by atoms with Gasteiger partial charge in [0.2, 0.25) is 0 Å². The molecule has 0 aliphatic rings. The third-order valence-corrected chi connectivity index (χ3v) is 3.68. The van der Waals surface area contributed by atoms with Crippen molar-refractivity contribution in [1.29, 1.82) is 0 Å². The van der Waals surface area contributed by atoms with Gasteiger partial charge in [0.05, 0.1) is 13.3 Å². The maximum absolute atomic E-state index is 12.4. The zero-order valence-corrected chi connectivity index (χ0v) is 12.7. The van der Waals surface area contributed by atoms with Crippen LogP contribution in [0.15, 0.2) is 40.2 Å². The van der Waals surface area contributed by atoms with E-state index in [0.29, 0.717) is 15.8 Å². The number of nitrogens with zero attached hydrogens (tertiary/aromatic N) is 2. The second kappa shape index (κ2) is 6.43. The van der Waals surface area contributed by atoms with Crippen LogP contribution in [0.1, 0.15) is 0 Å². The minimum atomic E-state index is -4.52. The lowest BCUT2D eigenvalue weighted by Crippen LogP contribution is -2.31. The summed E-state index contributed by atoms with van der Waals surface area (Å²) in [5, 5.41) is 3.59. The minimum Gasteiger partial charge on any atom is -0.491 e. The zero-order chi connectivity index (χ0) is 16.3. The van der Waals surface area contributed by atoms with E-state index in [1.54, 1.807) is 23.9 Å². The summed E-state index contributed by atoms with van der Waals surface area (Å²) in [5.74, 6) is -0.156. The van der Waals surface area contributed by atoms with Crippen LogP contribution in [0.3, 0.4) is 0 Å². The molecule has 8 heteroatoms. The Balaban J connectivity index is 2.49. The number of rotatable bonds is 4. The number of thioether (sulfide) groups is 1. The highest BCUT2D eigenvalue weighted by Crippen LogP contribution is 2.28. The van der Waals surface area contributed by atoms with Gasteiger partial charge in [0.25, 0.3) is 0 Å². The van der Waals surface area contributed by atoms with E-state index in [9.17, 15) is 18.0 Å². The minimum absolute atomic E-state index is 0.156. The predicted molar refractivity (Wildman–Crippen MR) is 78.3 cm³/mol. The smallest absolute Gasteiger partial charge is 0.408 e. The number of ether oxygens (including phenoxy) is 1. The van der Waals surface area contributed by atoms with Gasteiger partial charge in [-0.2, -0.15) is 18.3 Å². The second-order valence-electron chi connectivity index (χ2n) is 4.40. The molecule has 0 aliphatic heterocycles. The summed E-state index contributed by atoms with van der Waals surface area (Å²) in [4.78, 5) is 13.1. The maximum atomic E-state index is 12.4. The van der Waals surface area contributed by atoms with E-state index in [0.717, 1.165) is 4.90 Å². The summed E-state index contributed by atoms with van der Waals surface area (Å²) in [6.07, 6.45) is -1.39. The lowest BCUT2D eigenvalue weighted by Gasteiger charge is -2.12. The van der Waals surface area contributed by atoms with Gasteiger partial charge in [0, 0.05) is 10.5 Å². The highest BCUT2D eigenvalue weighted by Gasteiger charge is 2.30. The highest BCUT2D eigenvalue weighted by molar-refractivity contribution is 7.98. The third kappa shape index (κ3) is 3.62. The van der Waals surface area contributed by atoms with Crippen molar-refractivity contribution >= 4 is 11.8 Å². The summed E-state index contributed by atoms with van der Waals surface area (Å²) in [6.45, 7) is -1.45. The van der Waals surface area contributed by atoms with E-state index in [2.05, 4.69) is 5.10 Å². The lowest BCUT2D eigenvalue weighted by molar-refractivity contribution is -0.143. The van der Waals surface area contributed by atoms with E-state index in [4.69, 9.17) is 4.74 Å². The Labute approximate surface area is 128 Å². The molecule has 0 unspecified atom stereocenters.